The average molecular weight is 383 g/mol. The number of piperazine rings is 1. The molecule has 0 bridgehead atoms. The summed E-state index contributed by atoms with van der Waals surface area (Å²) >= 11 is 0. The molecule has 0 unspecified atom stereocenters. The number of hydrogen-bond donors (Lipinski definition) is 0. The minimum atomic E-state index is -0.573. The van der Waals surface area contributed by atoms with Gasteiger partial charge in [0.25, 0.3) is 5.91 Å². The summed E-state index contributed by atoms with van der Waals surface area (Å²) in [4.78, 5) is 30.3. The van der Waals surface area contributed by atoms with Crippen LogP contribution in [-0.4, -0.2) is 66.3 Å². The van der Waals surface area contributed by atoms with Gasteiger partial charge in [0.15, 0.2) is 0 Å². The molecule has 1 fully saturated rings. The highest BCUT2D eigenvalue weighted by molar-refractivity contribution is 5.96. The summed E-state index contributed by atoms with van der Waals surface area (Å²) in [5, 5.41) is 0. The third-order valence-corrected chi connectivity index (χ3v) is 5.04. The fourth-order valence-electron chi connectivity index (χ4n) is 3.44. The number of carbonyl (C=O) groups is 2. The molecule has 1 heterocycles. The molecule has 6 heteroatoms. The molecule has 5 nitrogen and oxygen atoms in total. The monoisotopic (exact) mass is 383 g/mol. The van der Waals surface area contributed by atoms with Crippen molar-refractivity contribution in [2.24, 2.45) is 0 Å². The lowest BCUT2D eigenvalue weighted by Gasteiger charge is -2.35. The van der Waals surface area contributed by atoms with Gasteiger partial charge in [-0.05, 0) is 24.6 Å². The number of aryl methyl sites for hydroxylation is 1. The predicted molar refractivity (Wildman–Crippen MR) is 106 cm³/mol. The molecule has 0 N–H and O–H groups in total. The molecule has 2 aromatic rings. The van der Waals surface area contributed by atoms with Gasteiger partial charge in [-0.3, -0.25) is 14.5 Å². The molecule has 1 aliphatic heterocycles. The SMILES string of the molecule is Cc1cccc(CN2CCN(C(=O)CN(C)C(=O)c3ccccc3F)CC2)c1. The first-order chi connectivity index (χ1) is 13.4. The minimum Gasteiger partial charge on any atom is -0.339 e. The molecule has 3 rings (SSSR count). The Bertz CT molecular complexity index is 847. The van der Waals surface area contributed by atoms with E-state index in [4.69, 9.17) is 0 Å². The van der Waals surface area contributed by atoms with E-state index in [1.54, 1.807) is 11.0 Å². The molecule has 1 saturated heterocycles. The lowest BCUT2D eigenvalue weighted by Crippen LogP contribution is -2.51. The maximum atomic E-state index is 13.8. The van der Waals surface area contributed by atoms with Gasteiger partial charge in [-0.2, -0.15) is 0 Å². The summed E-state index contributed by atoms with van der Waals surface area (Å²) in [6.45, 7) is 5.76. The average Bonchev–Trinajstić information content (AvgIpc) is 2.68. The smallest absolute Gasteiger partial charge is 0.257 e. The van der Waals surface area contributed by atoms with Crippen molar-refractivity contribution < 1.29 is 14.0 Å². The topological polar surface area (TPSA) is 43.9 Å². The third kappa shape index (κ3) is 4.95. The maximum absolute atomic E-state index is 13.8. The Kier molecular flexibility index (Phi) is 6.41. The second-order valence-corrected chi connectivity index (χ2v) is 7.29. The molecule has 2 aromatic carbocycles. The largest absolute Gasteiger partial charge is 0.339 e. The van der Waals surface area contributed by atoms with Gasteiger partial charge < -0.3 is 9.80 Å². The molecule has 0 radical (unpaired) electrons. The van der Waals surface area contributed by atoms with E-state index in [1.807, 2.05) is 0 Å². The van der Waals surface area contributed by atoms with Crippen LogP contribution in [0, 0.1) is 12.7 Å². The summed E-state index contributed by atoms with van der Waals surface area (Å²) in [5.41, 5.74) is 2.50. The van der Waals surface area contributed by atoms with Crippen molar-refractivity contribution in [2.45, 2.75) is 13.5 Å². The van der Waals surface area contributed by atoms with Crippen LogP contribution in [0.2, 0.25) is 0 Å². The van der Waals surface area contributed by atoms with Crippen LogP contribution in [0.4, 0.5) is 4.39 Å². The van der Waals surface area contributed by atoms with E-state index in [1.165, 1.54) is 41.3 Å². The normalized spacial score (nSPS) is 14.8. The summed E-state index contributed by atoms with van der Waals surface area (Å²) in [5.74, 6) is -1.16. The zero-order valence-corrected chi connectivity index (χ0v) is 16.4. The number of hydrogen-bond acceptors (Lipinski definition) is 3. The van der Waals surface area contributed by atoms with Crippen LogP contribution in [0.3, 0.4) is 0 Å². The van der Waals surface area contributed by atoms with E-state index in [9.17, 15) is 14.0 Å². The predicted octanol–water partition coefficient (Wildman–Crippen LogP) is 2.55. The first-order valence-electron chi connectivity index (χ1n) is 9.49. The van der Waals surface area contributed by atoms with Crippen molar-refractivity contribution in [1.82, 2.24) is 14.7 Å². The molecule has 1 aliphatic rings. The molecule has 0 aromatic heterocycles. The number of nitrogens with zero attached hydrogens (tertiary/aromatic N) is 3. The van der Waals surface area contributed by atoms with Gasteiger partial charge in [0.1, 0.15) is 5.82 Å². The Hall–Kier alpha value is -2.73. The number of likely N-dealkylation sites (N-methyl/N-ethyl adjacent to an activating group) is 1. The van der Waals surface area contributed by atoms with Crippen LogP contribution < -0.4 is 0 Å². The van der Waals surface area contributed by atoms with Crippen LogP contribution in [-0.2, 0) is 11.3 Å². The summed E-state index contributed by atoms with van der Waals surface area (Å²) in [7, 11) is 1.53. The van der Waals surface area contributed by atoms with E-state index >= 15 is 0 Å². The number of amides is 2. The van der Waals surface area contributed by atoms with Crippen molar-refractivity contribution in [3.8, 4) is 0 Å². The molecule has 0 spiro atoms. The van der Waals surface area contributed by atoms with Gasteiger partial charge in [-0.15, -0.1) is 0 Å². The van der Waals surface area contributed by atoms with Crippen molar-refractivity contribution in [3.63, 3.8) is 0 Å². The van der Waals surface area contributed by atoms with Crippen molar-refractivity contribution in [3.05, 3.63) is 71.0 Å². The number of carbonyl (C=O) groups excluding carboxylic acids is 2. The summed E-state index contributed by atoms with van der Waals surface area (Å²) in [6, 6.07) is 14.3. The Balaban J connectivity index is 1.49. The molecular formula is C22H26FN3O2. The molecule has 0 aliphatic carbocycles. The fourth-order valence-corrected chi connectivity index (χ4v) is 3.44. The summed E-state index contributed by atoms with van der Waals surface area (Å²) in [6.07, 6.45) is 0. The number of halogens is 1. The molecule has 2 amide bonds. The Morgan fingerprint density at radius 3 is 2.43 bits per heavy atom. The van der Waals surface area contributed by atoms with E-state index in [2.05, 4.69) is 36.1 Å². The van der Waals surface area contributed by atoms with E-state index < -0.39 is 11.7 Å². The van der Waals surface area contributed by atoms with E-state index in [0.717, 1.165) is 19.6 Å². The number of rotatable bonds is 5. The number of benzene rings is 2. The van der Waals surface area contributed by atoms with Crippen LogP contribution in [0.15, 0.2) is 48.5 Å². The van der Waals surface area contributed by atoms with Crippen LogP contribution in [0.1, 0.15) is 21.5 Å². The van der Waals surface area contributed by atoms with Gasteiger partial charge in [0.05, 0.1) is 12.1 Å². The van der Waals surface area contributed by atoms with Crippen LogP contribution in [0.25, 0.3) is 0 Å². The Morgan fingerprint density at radius 2 is 1.75 bits per heavy atom. The zero-order chi connectivity index (χ0) is 20.1. The quantitative estimate of drug-likeness (QED) is 0.797. The van der Waals surface area contributed by atoms with E-state index in [-0.39, 0.29) is 18.0 Å². The molecular weight excluding hydrogens is 357 g/mol. The standard InChI is InChI=1S/C22H26FN3O2/c1-17-6-5-7-18(14-17)15-25-10-12-26(13-11-25)21(27)16-24(2)22(28)19-8-3-4-9-20(19)23/h3-9,14H,10-13,15-16H2,1-2H3. The van der Waals surface area contributed by atoms with Gasteiger partial charge in [-0.25, -0.2) is 4.39 Å². The van der Waals surface area contributed by atoms with Crippen molar-refractivity contribution >= 4 is 11.8 Å². The maximum Gasteiger partial charge on any atom is 0.257 e. The van der Waals surface area contributed by atoms with E-state index in [0.29, 0.717) is 13.1 Å². The van der Waals surface area contributed by atoms with Crippen LogP contribution >= 0.6 is 0 Å². The fraction of sp³-hybridized carbons (Fsp3) is 0.364. The molecule has 148 valence electrons. The lowest BCUT2D eigenvalue weighted by molar-refractivity contribution is -0.133. The molecule has 0 atom stereocenters. The lowest BCUT2D eigenvalue weighted by atomic mass is 10.1. The van der Waals surface area contributed by atoms with Crippen molar-refractivity contribution in [1.29, 1.82) is 0 Å². The first-order valence-corrected chi connectivity index (χ1v) is 9.49. The second-order valence-electron chi connectivity index (χ2n) is 7.29. The van der Waals surface area contributed by atoms with Gasteiger partial charge in [0, 0.05) is 39.8 Å². The van der Waals surface area contributed by atoms with Crippen LogP contribution in [0.5, 0.6) is 0 Å². The highest BCUT2D eigenvalue weighted by Crippen LogP contribution is 2.12. The third-order valence-electron chi connectivity index (χ3n) is 5.04. The van der Waals surface area contributed by atoms with Crippen molar-refractivity contribution in [2.75, 3.05) is 39.8 Å². The Labute approximate surface area is 165 Å². The highest BCUT2D eigenvalue weighted by Gasteiger charge is 2.24. The zero-order valence-electron chi connectivity index (χ0n) is 16.4. The minimum absolute atomic E-state index is 0.0132. The molecule has 0 saturated carbocycles. The highest BCUT2D eigenvalue weighted by atomic mass is 19.1. The molecule has 28 heavy (non-hydrogen) atoms. The second kappa shape index (κ2) is 8.97. The summed E-state index contributed by atoms with van der Waals surface area (Å²) < 4.78 is 13.8. The first kappa shape index (κ1) is 20.0. The van der Waals surface area contributed by atoms with Gasteiger partial charge in [0.2, 0.25) is 5.91 Å². The Morgan fingerprint density at radius 1 is 1.04 bits per heavy atom. The van der Waals surface area contributed by atoms with Gasteiger partial charge >= 0.3 is 0 Å². The van der Waals surface area contributed by atoms with Gasteiger partial charge in [-0.1, -0.05) is 42.0 Å².